The molecule has 1 aliphatic rings. The molecule has 26 heavy (non-hydrogen) atoms. The van der Waals surface area contributed by atoms with Crippen LogP contribution in [0.2, 0.25) is 5.02 Å². The largest absolute Gasteiger partial charge is 0.370 e. The first kappa shape index (κ1) is 17.1. The van der Waals surface area contributed by atoms with Gasteiger partial charge in [-0.1, -0.05) is 66.2 Å². The predicted octanol–water partition coefficient (Wildman–Crippen LogP) is 4.64. The summed E-state index contributed by atoms with van der Waals surface area (Å²) in [4.78, 5) is 14.7. The molecule has 4 heteroatoms. The maximum absolute atomic E-state index is 12.8. The summed E-state index contributed by atoms with van der Waals surface area (Å²) in [6.07, 6.45) is 0.319. The van der Waals surface area contributed by atoms with Crippen molar-refractivity contribution in [3.05, 3.63) is 82.9 Å². The normalized spacial score (nSPS) is 17.4. The number of amides is 1. The van der Waals surface area contributed by atoms with Crippen LogP contribution in [0, 0.1) is 0 Å². The second-order valence-electron chi connectivity index (χ2n) is 6.61. The van der Waals surface area contributed by atoms with Crippen LogP contribution in [0.1, 0.15) is 17.2 Å². The van der Waals surface area contributed by atoms with Crippen LogP contribution in [-0.4, -0.2) is 30.5 Å². The molecular weight excluding hydrogens is 346 g/mol. The number of benzene rings is 3. The molecule has 0 N–H and O–H groups in total. The van der Waals surface area contributed by atoms with Crippen molar-refractivity contribution in [3.8, 4) is 0 Å². The van der Waals surface area contributed by atoms with E-state index in [0.717, 1.165) is 11.1 Å². The SMILES string of the molecule is O=C(Cc1ccc2ccccc2c1)N1CCOC(c2ccc(Cl)cc2)C1. The molecule has 4 rings (SSSR count). The molecule has 3 aromatic carbocycles. The molecule has 1 amide bonds. The number of halogens is 1. The molecule has 0 spiro atoms. The van der Waals surface area contributed by atoms with Gasteiger partial charge < -0.3 is 9.64 Å². The molecular formula is C22H20ClNO2. The van der Waals surface area contributed by atoms with Crippen LogP contribution in [0.3, 0.4) is 0 Å². The number of hydrogen-bond acceptors (Lipinski definition) is 2. The summed E-state index contributed by atoms with van der Waals surface area (Å²) in [6, 6.07) is 22.1. The summed E-state index contributed by atoms with van der Waals surface area (Å²) in [5.41, 5.74) is 2.10. The van der Waals surface area contributed by atoms with Gasteiger partial charge in [0, 0.05) is 11.6 Å². The first-order chi connectivity index (χ1) is 12.7. The second-order valence-corrected chi connectivity index (χ2v) is 7.05. The Balaban J connectivity index is 1.45. The predicted molar refractivity (Wildman–Crippen MR) is 104 cm³/mol. The van der Waals surface area contributed by atoms with Gasteiger partial charge in [-0.25, -0.2) is 0 Å². The lowest BCUT2D eigenvalue weighted by atomic mass is 10.0. The number of ether oxygens (including phenoxy) is 1. The minimum Gasteiger partial charge on any atom is -0.370 e. The van der Waals surface area contributed by atoms with Crippen molar-refractivity contribution in [3.63, 3.8) is 0 Å². The number of hydrogen-bond donors (Lipinski definition) is 0. The average Bonchev–Trinajstić information content (AvgIpc) is 2.68. The molecule has 0 bridgehead atoms. The highest BCUT2D eigenvalue weighted by Crippen LogP contribution is 2.24. The molecule has 1 fully saturated rings. The maximum atomic E-state index is 12.8. The molecule has 0 radical (unpaired) electrons. The summed E-state index contributed by atoms with van der Waals surface area (Å²) >= 11 is 5.96. The van der Waals surface area contributed by atoms with Crippen molar-refractivity contribution in [2.24, 2.45) is 0 Å². The van der Waals surface area contributed by atoms with Gasteiger partial charge in [-0.3, -0.25) is 4.79 Å². The molecule has 3 nitrogen and oxygen atoms in total. The van der Waals surface area contributed by atoms with E-state index in [9.17, 15) is 4.79 Å². The fraction of sp³-hybridized carbons (Fsp3) is 0.227. The number of morpholine rings is 1. The van der Waals surface area contributed by atoms with E-state index in [1.807, 2.05) is 47.4 Å². The monoisotopic (exact) mass is 365 g/mol. The van der Waals surface area contributed by atoms with Gasteiger partial charge in [-0.2, -0.15) is 0 Å². The molecule has 1 aliphatic heterocycles. The van der Waals surface area contributed by atoms with Crippen molar-refractivity contribution in [1.29, 1.82) is 0 Å². The number of fused-ring (bicyclic) bond motifs is 1. The van der Waals surface area contributed by atoms with Gasteiger partial charge in [0.1, 0.15) is 6.10 Å². The van der Waals surface area contributed by atoms with Gasteiger partial charge in [-0.15, -0.1) is 0 Å². The smallest absolute Gasteiger partial charge is 0.227 e. The number of rotatable bonds is 3. The van der Waals surface area contributed by atoms with Crippen molar-refractivity contribution in [2.75, 3.05) is 19.7 Å². The van der Waals surface area contributed by atoms with Crippen molar-refractivity contribution >= 4 is 28.3 Å². The molecule has 1 heterocycles. The minimum absolute atomic E-state index is 0.0958. The van der Waals surface area contributed by atoms with Crippen molar-refractivity contribution in [1.82, 2.24) is 4.90 Å². The van der Waals surface area contributed by atoms with Crippen LogP contribution >= 0.6 is 11.6 Å². The first-order valence-corrected chi connectivity index (χ1v) is 9.19. The highest BCUT2D eigenvalue weighted by molar-refractivity contribution is 6.30. The Kier molecular flexibility index (Phi) is 4.91. The first-order valence-electron chi connectivity index (χ1n) is 8.81. The third-order valence-corrected chi connectivity index (χ3v) is 5.08. The van der Waals surface area contributed by atoms with Crippen LogP contribution in [0.4, 0.5) is 0 Å². The van der Waals surface area contributed by atoms with Crippen LogP contribution in [0.15, 0.2) is 66.7 Å². The standard InChI is InChI=1S/C22H20ClNO2/c23-20-9-7-18(8-10-20)21-15-24(11-12-26-21)22(25)14-16-5-6-17-3-1-2-4-19(17)13-16/h1-10,13,21H,11-12,14-15H2. The van der Waals surface area contributed by atoms with Crippen LogP contribution < -0.4 is 0 Å². The number of carbonyl (C=O) groups is 1. The van der Waals surface area contributed by atoms with Gasteiger partial charge >= 0.3 is 0 Å². The van der Waals surface area contributed by atoms with Gasteiger partial charge in [0.2, 0.25) is 5.91 Å². The van der Waals surface area contributed by atoms with E-state index in [1.165, 1.54) is 10.8 Å². The zero-order valence-electron chi connectivity index (χ0n) is 14.4. The van der Waals surface area contributed by atoms with E-state index in [1.54, 1.807) is 0 Å². The molecule has 0 aromatic heterocycles. The number of carbonyl (C=O) groups excluding carboxylic acids is 1. The molecule has 3 aromatic rings. The Labute approximate surface area is 158 Å². The Hall–Kier alpha value is -2.36. The van der Waals surface area contributed by atoms with E-state index in [-0.39, 0.29) is 12.0 Å². The molecule has 0 saturated carbocycles. The Morgan fingerprint density at radius 3 is 2.62 bits per heavy atom. The quantitative estimate of drug-likeness (QED) is 0.677. The van der Waals surface area contributed by atoms with E-state index in [4.69, 9.17) is 16.3 Å². The van der Waals surface area contributed by atoms with E-state index >= 15 is 0 Å². The summed E-state index contributed by atoms with van der Waals surface area (Å²) in [6.45, 7) is 1.77. The molecule has 132 valence electrons. The van der Waals surface area contributed by atoms with Crippen LogP contribution in [0.25, 0.3) is 10.8 Å². The zero-order valence-corrected chi connectivity index (χ0v) is 15.2. The summed E-state index contributed by atoms with van der Waals surface area (Å²) < 4.78 is 5.86. The Morgan fingerprint density at radius 1 is 1.04 bits per heavy atom. The lowest BCUT2D eigenvalue weighted by Crippen LogP contribution is -2.42. The lowest BCUT2D eigenvalue weighted by Gasteiger charge is -2.33. The van der Waals surface area contributed by atoms with Gasteiger partial charge in [0.15, 0.2) is 0 Å². The fourth-order valence-corrected chi connectivity index (χ4v) is 3.52. The van der Waals surface area contributed by atoms with E-state index < -0.39 is 0 Å². The van der Waals surface area contributed by atoms with E-state index in [0.29, 0.717) is 31.1 Å². The highest BCUT2D eigenvalue weighted by Gasteiger charge is 2.25. The molecule has 1 atom stereocenters. The maximum Gasteiger partial charge on any atom is 0.227 e. The summed E-state index contributed by atoms with van der Waals surface area (Å²) in [7, 11) is 0. The van der Waals surface area contributed by atoms with Crippen LogP contribution in [-0.2, 0) is 16.0 Å². The third kappa shape index (κ3) is 3.74. The summed E-state index contributed by atoms with van der Waals surface area (Å²) in [5, 5.41) is 3.06. The van der Waals surface area contributed by atoms with Gasteiger partial charge in [0.05, 0.1) is 19.6 Å². The molecule has 0 aliphatic carbocycles. The topological polar surface area (TPSA) is 29.5 Å². The van der Waals surface area contributed by atoms with Gasteiger partial charge in [-0.05, 0) is 34.0 Å². The highest BCUT2D eigenvalue weighted by atomic mass is 35.5. The Bertz CT molecular complexity index is 923. The van der Waals surface area contributed by atoms with E-state index in [2.05, 4.69) is 24.3 Å². The van der Waals surface area contributed by atoms with Crippen molar-refractivity contribution < 1.29 is 9.53 Å². The number of nitrogens with zero attached hydrogens (tertiary/aromatic N) is 1. The zero-order chi connectivity index (χ0) is 17.9. The molecule has 1 unspecified atom stereocenters. The van der Waals surface area contributed by atoms with Gasteiger partial charge in [0.25, 0.3) is 0 Å². The average molecular weight is 366 g/mol. The van der Waals surface area contributed by atoms with Crippen LogP contribution in [0.5, 0.6) is 0 Å². The Morgan fingerprint density at radius 2 is 1.81 bits per heavy atom. The lowest BCUT2D eigenvalue weighted by molar-refractivity contribution is -0.138. The van der Waals surface area contributed by atoms with Crippen molar-refractivity contribution in [2.45, 2.75) is 12.5 Å². The minimum atomic E-state index is -0.0958. The summed E-state index contributed by atoms with van der Waals surface area (Å²) in [5.74, 6) is 0.141. The third-order valence-electron chi connectivity index (χ3n) is 4.83. The fourth-order valence-electron chi connectivity index (χ4n) is 3.39. The molecule has 1 saturated heterocycles. The second kappa shape index (κ2) is 7.48.